The smallest absolute Gasteiger partial charge is 0.248 e. The molecule has 0 spiro atoms. The number of carbonyl (C=O) groups is 1. The van der Waals surface area contributed by atoms with Gasteiger partial charge in [0.25, 0.3) is 0 Å². The second-order valence-electron chi connectivity index (χ2n) is 4.57. The molecular formula is C14H18N4O3S. The Balaban J connectivity index is 1.78. The maximum Gasteiger partial charge on any atom is 0.248 e. The van der Waals surface area contributed by atoms with Crippen LogP contribution in [0.4, 0.5) is 0 Å². The molecule has 0 aliphatic heterocycles. The molecule has 22 heavy (non-hydrogen) atoms. The van der Waals surface area contributed by atoms with Crippen molar-refractivity contribution in [2.24, 2.45) is 0 Å². The summed E-state index contributed by atoms with van der Waals surface area (Å²) in [5.41, 5.74) is 0.633. The van der Waals surface area contributed by atoms with Crippen molar-refractivity contribution in [1.82, 2.24) is 20.4 Å². The van der Waals surface area contributed by atoms with E-state index in [2.05, 4.69) is 20.4 Å². The molecule has 2 N–H and O–H groups in total. The zero-order valence-electron chi connectivity index (χ0n) is 12.2. The predicted octanol–water partition coefficient (Wildman–Crippen LogP) is 0.904. The van der Waals surface area contributed by atoms with Crippen molar-refractivity contribution in [1.29, 1.82) is 0 Å². The Kier molecular flexibility index (Phi) is 6.35. The third kappa shape index (κ3) is 4.81. The van der Waals surface area contributed by atoms with E-state index in [1.165, 1.54) is 0 Å². The molecule has 0 fully saturated rings. The van der Waals surface area contributed by atoms with E-state index in [1.54, 1.807) is 24.0 Å². The SMILES string of the molecule is CSCCC(O)C(=O)NCCc1nc(-c2ccccn2)no1. The molecular weight excluding hydrogens is 304 g/mol. The minimum absolute atomic E-state index is 0.332. The van der Waals surface area contributed by atoms with Gasteiger partial charge in [-0.25, -0.2) is 0 Å². The van der Waals surface area contributed by atoms with Crippen LogP contribution in [0.3, 0.4) is 0 Å². The molecule has 7 nitrogen and oxygen atoms in total. The molecule has 0 bridgehead atoms. The summed E-state index contributed by atoms with van der Waals surface area (Å²) in [7, 11) is 0. The molecule has 118 valence electrons. The molecule has 0 aliphatic rings. The van der Waals surface area contributed by atoms with Gasteiger partial charge in [-0.2, -0.15) is 16.7 Å². The first-order valence-electron chi connectivity index (χ1n) is 6.89. The maximum atomic E-state index is 11.6. The number of nitrogens with one attached hydrogen (secondary N) is 1. The maximum absolute atomic E-state index is 11.6. The summed E-state index contributed by atoms with van der Waals surface area (Å²) in [6, 6.07) is 5.44. The van der Waals surface area contributed by atoms with Crippen molar-refractivity contribution in [3.63, 3.8) is 0 Å². The average Bonchev–Trinajstić information content (AvgIpc) is 3.02. The lowest BCUT2D eigenvalue weighted by Gasteiger charge is -2.09. The van der Waals surface area contributed by atoms with Gasteiger partial charge in [-0.05, 0) is 30.6 Å². The molecule has 2 rings (SSSR count). The number of carbonyl (C=O) groups excluding carboxylic acids is 1. The number of hydrogen-bond donors (Lipinski definition) is 2. The number of aliphatic hydroxyl groups excluding tert-OH is 1. The summed E-state index contributed by atoms with van der Waals surface area (Å²) in [5, 5.41) is 16.1. The van der Waals surface area contributed by atoms with E-state index in [-0.39, 0.29) is 5.91 Å². The van der Waals surface area contributed by atoms with Crippen LogP contribution in [0.2, 0.25) is 0 Å². The summed E-state index contributed by atoms with van der Waals surface area (Å²) >= 11 is 1.59. The lowest BCUT2D eigenvalue weighted by atomic mass is 10.2. The molecule has 0 radical (unpaired) electrons. The van der Waals surface area contributed by atoms with Crippen LogP contribution in [-0.2, 0) is 11.2 Å². The molecule has 0 aromatic carbocycles. The second-order valence-corrected chi connectivity index (χ2v) is 5.55. The van der Waals surface area contributed by atoms with Gasteiger partial charge in [-0.15, -0.1) is 0 Å². The van der Waals surface area contributed by atoms with Gasteiger partial charge >= 0.3 is 0 Å². The number of amides is 1. The van der Waals surface area contributed by atoms with E-state index in [1.807, 2.05) is 18.4 Å². The molecule has 2 aromatic heterocycles. The number of hydrogen-bond acceptors (Lipinski definition) is 7. The molecule has 0 saturated heterocycles. The summed E-state index contributed by atoms with van der Waals surface area (Å²) in [6.45, 7) is 0.332. The first-order chi connectivity index (χ1) is 10.7. The fourth-order valence-corrected chi connectivity index (χ4v) is 2.19. The number of rotatable bonds is 8. The first-order valence-corrected chi connectivity index (χ1v) is 8.29. The summed E-state index contributed by atoms with van der Waals surface area (Å²) in [6.07, 6.45) is 3.46. The van der Waals surface area contributed by atoms with E-state index >= 15 is 0 Å². The molecule has 1 amide bonds. The van der Waals surface area contributed by atoms with Crippen molar-refractivity contribution in [2.75, 3.05) is 18.6 Å². The van der Waals surface area contributed by atoms with Gasteiger partial charge in [0.1, 0.15) is 11.8 Å². The number of aliphatic hydroxyl groups is 1. The number of aromatic nitrogens is 3. The van der Waals surface area contributed by atoms with Gasteiger partial charge in [0, 0.05) is 19.2 Å². The van der Waals surface area contributed by atoms with Crippen molar-refractivity contribution in [3.05, 3.63) is 30.3 Å². The minimum atomic E-state index is -0.973. The van der Waals surface area contributed by atoms with E-state index in [9.17, 15) is 9.90 Å². The lowest BCUT2D eigenvalue weighted by Crippen LogP contribution is -2.36. The van der Waals surface area contributed by atoms with E-state index in [0.29, 0.717) is 36.8 Å². The van der Waals surface area contributed by atoms with E-state index in [0.717, 1.165) is 5.75 Å². The highest BCUT2D eigenvalue weighted by molar-refractivity contribution is 7.98. The van der Waals surface area contributed by atoms with Gasteiger partial charge in [0.2, 0.25) is 17.6 Å². The molecule has 8 heteroatoms. The second kappa shape index (κ2) is 8.50. The summed E-state index contributed by atoms with van der Waals surface area (Å²) < 4.78 is 5.11. The molecule has 2 aromatic rings. The van der Waals surface area contributed by atoms with Crippen LogP contribution in [0, 0.1) is 0 Å². The summed E-state index contributed by atoms with van der Waals surface area (Å²) in [4.78, 5) is 20.0. The van der Waals surface area contributed by atoms with Crippen LogP contribution in [0.15, 0.2) is 28.9 Å². The van der Waals surface area contributed by atoms with Gasteiger partial charge in [0.15, 0.2) is 0 Å². The molecule has 1 unspecified atom stereocenters. The van der Waals surface area contributed by atoms with Crippen LogP contribution in [0.5, 0.6) is 0 Å². The standard InChI is InChI=1S/C14H18N4O3S/c1-22-9-6-11(19)14(20)16-8-5-12-17-13(18-21-12)10-4-2-3-7-15-10/h2-4,7,11,19H,5-6,8-9H2,1H3,(H,16,20). The Hall–Kier alpha value is -1.93. The van der Waals surface area contributed by atoms with Crippen molar-refractivity contribution < 1.29 is 14.4 Å². The monoisotopic (exact) mass is 322 g/mol. The third-order valence-electron chi connectivity index (χ3n) is 2.90. The molecule has 0 aliphatic carbocycles. The Labute approximate surface area is 132 Å². The zero-order chi connectivity index (χ0) is 15.8. The van der Waals surface area contributed by atoms with Crippen LogP contribution in [0.1, 0.15) is 12.3 Å². The zero-order valence-corrected chi connectivity index (χ0v) is 13.0. The molecule has 1 atom stereocenters. The van der Waals surface area contributed by atoms with E-state index < -0.39 is 6.10 Å². The Morgan fingerprint density at radius 1 is 1.50 bits per heavy atom. The van der Waals surface area contributed by atoms with Crippen LogP contribution >= 0.6 is 11.8 Å². The van der Waals surface area contributed by atoms with E-state index in [4.69, 9.17) is 4.52 Å². The minimum Gasteiger partial charge on any atom is -0.383 e. The quantitative estimate of drug-likeness (QED) is 0.744. The lowest BCUT2D eigenvalue weighted by molar-refractivity contribution is -0.129. The normalized spacial score (nSPS) is 12.1. The largest absolute Gasteiger partial charge is 0.383 e. The van der Waals surface area contributed by atoms with Crippen LogP contribution < -0.4 is 5.32 Å². The first kappa shape index (κ1) is 16.4. The fraction of sp³-hybridized carbons (Fsp3) is 0.429. The van der Waals surface area contributed by atoms with Crippen molar-refractivity contribution in [2.45, 2.75) is 18.9 Å². The van der Waals surface area contributed by atoms with Gasteiger partial charge in [0.05, 0.1) is 0 Å². The van der Waals surface area contributed by atoms with Crippen LogP contribution in [0.25, 0.3) is 11.5 Å². The number of nitrogens with zero attached hydrogens (tertiary/aromatic N) is 3. The van der Waals surface area contributed by atoms with Crippen molar-refractivity contribution in [3.8, 4) is 11.5 Å². The van der Waals surface area contributed by atoms with Gasteiger partial charge in [-0.3, -0.25) is 9.78 Å². The molecule has 0 saturated carbocycles. The predicted molar refractivity (Wildman–Crippen MR) is 83.2 cm³/mol. The highest BCUT2D eigenvalue weighted by atomic mass is 32.2. The van der Waals surface area contributed by atoms with Gasteiger partial charge < -0.3 is 14.9 Å². The highest BCUT2D eigenvalue weighted by Gasteiger charge is 2.14. The Bertz CT molecular complexity index is 591. The average molecular weight is 322 g/mol. The van der Waals surface area contributed by atoms with Crippen LogP contribution in [-0.4, -0.2) is 50.8 Å². The third-order valence-corrected chi connectivity index (χ3v) is 3.54. The Morgan fingerprint density at radius 3 is 3.09 bits per heavy atom. The molecule has 2 heterocycles. The number of thioether (sulfide) groups is 1. The Morgan fingerprint density at radius 2 is 2.36 bits per heavy atom. The number of pyridine rings is 1. The van der Waals surface area contributed by atoms with Crippen molar-refractivity contribution >= 4 is 17.7 Å². The van der Waals surface area contributed by atoms with Gasteiger partial charge in [-0.1, -0.05) is 11.2 Å². The highest BCUT2D eigenvalue weighted by Crippen LogP contribution is 2.11. The summed E-state index contributed by atoms with van der Waals surface area (Å²) in [5.74, 6) is 1.20. The topological polar surface area (TPSA) is 101 Å². The fourth-order valence-electron chi connectivity index (χ4n) is 1.73.